The van der Waals surface area contributed by atoms with Crippen LogP contribution in [0.5, 0.6) is 0 Å². The zero-order valence-electron chi connectivity index (χ0n) is 11.3. The van der Waals surface area contributed by atoms with E-state index >= 15 is 0 Å². The molecular formula is C12H18F3N3S. The number of nitrogens with two attached hydrogens (primary N) is 1. The molecule has 1 fully saturated rings. The van der Waals surface area contributed by atoms with Crippen molar-refractivity contribution in [2.45, 2.75) is 39.9 Å². The Morgan fingerprint density at radius 3 is 2.16 bits per heavy atom. The number of hydrazine groups is 1. The van der Waals surface area contributed by atoms with E-state index in [9.17, 15) is 13.2 Å². The molecule has 0 amide bonds. The molecule has 0 saturated heterocycles. The summed E-state index contributed by atoms with van der Waals surface area (Å²) in [7, 11) is 0. The van der Waals surface area contributed by atoms with Crippen LogP contribution in [0.3, 0.4) is 0 Å². The van der Waals surface area contributed by atoms with Gasteiger partial charge in [-0.25, -0.2) is 4.98 Å². The summed E-state index contributed by atoms with van der Waals surface area (Å²) in [4.78, 5) is 4.00. The summed E-state index contributed by atoms with van der Waals surface area (Å²) in [5, 5.41) is -0.820. The first-order chi connectivity index (χ1) is 8.53. The van der Waals surface area contributed by atoms with Gasteiger partial charge < -0.3 is 0 Å². The van der Waals surface area contributed by atoms with Crippen LogP contribution >= 0.6 is 11.3 Å². The van der Waals surface area contributed by atoms with E-state index in [0.717, 1.165) is 0 Å². The van der Waals surface area contributed by atoms with Crippen molar-refractivity contribution < 1.29 is 13.2 Å². The van der Waals surface area contributed by atoms with Crippen LogP contribution in [0.1, 0.15) is 43.6 Å². The molecule has 0 aliphatic heterocycles. The summed E-state index contributed by atoms with van der Waals surface area (Å²) in [6.07, 6.45) is -3.11. The highest BCUT2D eigenvalue weighted by Gasteiger charge is 2.67. The molecule has 2 rings (SSSR count). The summed E-state index contributed by atoms with van der Waals surface area (Å²) >= 11 is 0.664. The van der Waals surface area contributed by atoms with Crippen molar-refractivity contribution in [2.75, 3.05) is 0 Å². The lowest BCUT2D eigenvalue weighted by Gasteiger charge is -2.16. The average Bonchev–Trinajstić information content (AvgIpc) is 2.69. The van der Waals surface area contributed by atoms with Crippen LogP contribution in [0.4, 0.5) is 13.2 Å². The van der Waals surface area contributed by atoms with Gasteiger partial charge in [0.25, 0.3) is 0 Å². The molecule has 1 atom stereocenters. The lowest BCUT2D eigenvalue weighted by Crippen LogP contribution is -2.30. The molecular weight excluding hydrogens is 275 g/mol. The summed E-state index contributed by atoms with van der Waals surface area (Å²) < 4.78 is 37.8. The summed E-state index contributed by atoms with van der Waals surface area (Å²) in [6, 6.07) is -0.293. The second kappa shape index (κ2) is 4.17. The van der Waals surface area contributed by atoms with Crippen LogP contribution in [-0.2, 0) is 6.18 Å². The summed E-state index contributed by atoms with van der Waals surface area (Å²) in [5.74, 6) is 5.74. The number of rotatable bonds is 3. The molecule has 7 heteroatoms. The fourth-order valence-corrected chi connectivity index (χ4v) is 3.87. The smallest absolute Gasteiger partial charge is 0.271 e. The predicted octanol–water partition coefficient (Wildman–Crippen LogP) is 3.35. The molecule has 1 aromatic rings. The lowest BCUT2D eigenvalue weighted by atomic mass is 10.0. The highest BCUT2D eigenvalue weighted by atomic mass is 32.1. The Kier molecular flexibility index (Phi) is 3.23. The van der Waals surface area contributed by atoms with E-state index in [1.807, 2.05) is 0 Å². The molecule has 0 spiro atoms. The number of thiazole rings is 1. The maximum absolute atomic E-state index is 12.6. The van der Waals surface area contributed by atoms with Crippen LogP contribution in [0.25, 0.3) is 0 Å². The Morgan fingerprint density at radius 2 is 1.84 bits per heavy atom. The van der Waals surface area contributed by atoms with E-state index in [4.69, 9.17) is 5.84 Å². The molecule has 19 heavy (non-hydrogen) atoms. The van der Waals surface area contributed by atoms with Gasteiger partial charge in [0, 0.05) is 11.1 Å². The Labute approximate surface area is 114 Å². The largest absolute Gasteiger partial charge is 0.443 e. The minimum Gasteiger partial charge on any atom is -0.271 e. The number of hydrogen-bond acceptors (Lipinski definition) is 4. The van der Waals surface area contributed by atoms with Crippen LogP contribution in [0, 0.1) is 16.7 Å². The maximum Gasteiger partial charge on any atom is 0.443 e. The number of nitrogens with one attached hydrogen (secondary N) is 1. The van der Waals surface area contributed by atoms with Gasteiger partial charge in [-0.2, -0.15) is 13.2 Å². The van der Waals surface area contributed by atoms with Crippen LogP contribution < -0.4 is 11.3 Å². The van der Waals surface area contributed by atoms with Gasteiger partial charge in [0.1, 0.15) is 0 Å². The first kappa shape index (κ1) is 14.7. The SMILES string of the molecule is CC1(C)C(C(NN)c2cnc(C(F)(F)F)s2)C1(C)C. The van der Waals surface area contributed by atoms with Crippen LogP contribution in [0.2, 0.25) is 0 Å². The third-order valence-electron chi connectivity index (χ3n) is 4.72. The molecule has 108 valence electrons. The van der Waals surface area contributed by atoms with Gasteiger partial charge in [-0.05, 0) is 16.7 Å². The van der Waals surface area contributed by atoms with E-state index in [2.05, 4.69) is 38.1 Å². The van der Waals surface area contributed by atoms with Crippen molar-refractivity contribution in [3.05, 3.63) is 16.1 Å². The number of halogens is 3. The number of nitrogens with zero attached hydrogens (tertiary/aromatic N) is 1. The molecule has 3 nitrogen and oxygen atoms in total. The zero-order chi connectivity index (χ0) is 14.6. The summed E-state index contributed by atoms with van der Waals surface area (Å²) in [6.45, 7) is 8.42. The van der Waals surface area contributed by atoms with E-state index in [1.54, 1.807) is 0 Å². The fraction of sp³-hybridized carbons (Fsp3) is 0.750. The zero-order valence-corrected chi connectivity index (χ0v) is 12.1. The molecule has 1 heterocycles. The van der Waals surface area contributed by atoms with E-state index in [1.165, 1.54) is 6.20 Å². The molecule has 1 aliphatic carbocycles. The fourth-order valence-electron chi connectivity index (χ4n) is 2.98. The summed E-state index contributed by atoms with van der Waals surface area (Å²) in [5.41, 5.74) is 2.73. The van der Waals surface area contributed by atoms with Gasteiger partial charge in [0.2, 0.25) is 0 Å². The Balaban J connectivity index is 2.28. The lowest BCUT2D eigenvalue weighted by molar-refractivity contribution is -0.137. The average molecular weight is 293 g/mol. The molecule has 1 unspecified atom stereocenters. The number of alkyl halides is 3. The highest BCUT2D eigenvalue weighted by molar-refractivity contribution is 7.11. The Hall–Kier alpha value is -0.660. The maximum atomic E-state index is 12.6. The van der Waals surface area contributed by atoms with Crippen molar-refractivity contribution in [1.82, 2.24) is 10.4 Å². The second-order valence-corrected chi connectivity index (χ2v) is 7.19. The van der Waals surface area contributed by atoms with Gasteiger partial charge in [0.05, 0.1) is 6.04 Å². The molecule has 3 N–H and O–H groups in total. The van der Waals surface area contributed by atoms with Crippen molar-refractivity contribution in [2.24, 2.45) is 22.6 Å². The molecule has 0 aromatic carbocycles. The van der Waals surface area contributed by atoms with Gasteiger partial charge in [-0.3, -0.25) is 11.3 Å². The van der Waals surface area contributed by atoms with Crippen molar-refractivity contribution in [3.63, 3.8) is 0 Å². The molecule has 1 aromatic heterocycles. The Morgan fingerprint density at radius 1 is 1.32 bits per heavy atom. The van der Waals surface area contributed by atoms with Crippen LogP contribution in [0.15, 0.2) is 6.20 Å². The molecule has 0 radical (unpaired) electrons. The first-order valence-electron chi connectivity index (χ1n) is 6.02. The molecule has 1 aliphatic rings. The van der Waals surface area contributed by atoms with Crippen molar-refractivity contribution >= 4 is 11.3 Å². The monoisotopic (exact) mass is 293 g/mol. The second-order valence-electron chi connectivity index (χ2n) is 6.13. The van der Waals surface area contributed by atoms with E-state index < -0.39 is 11.2 Å². The van der Waals surface area contributed by atoms with Gasteiger partial charge in [0.15, 0.2) is 5.01 Å². The predicted molar refractivity (Wildman–Crippen MR) is 68.2 cm³/mol. The van der Waals surface area contributed by atoms with Crippen molar-refractivity contribution in [1.29, 1.82) is 0 Å². The topological polar surface area (TPSA) is 50.9 Å². The van der Waals surface area contributed by atoms with E-state index in [-0.39, 0.29) is 22.8 Å². The minimum atomic E-state index is -4.39. The normalized spacial score (nSPS) is 23.4. The molecule has 0 bridgehead atoms. The third-order valence-corrected chi connectivity index (χ3v) is 5.84. The minimum absolute atomic E-state index is 0.0341. The van der Waals surface area contributed by atoms with Crippen molar-refractivity contribution in [3.8, 4) is 0 Å². The quantitative estimate of drug-likeness (QED) is 0.664. The van der Waals surface area contributed by atoms with E-state index in [0.29, 0.717) is 16.2 Å². The highest BCUT2D eigenvalue weighted by Crippen LogP contribution is 2.72. The number of aromatic nitrogens is 1. The first-order valence-corrected chi connectivity index (χ1v) is 6.84. The third kappa shape index (κ3) is 2.17. The number of hydrogen-bond donors (Lipinski definition) is 2. The standard InChI is InChI=1S/C12H18F3N3S/c1-10(2)8(11(10,3)4)7(18-16)6-5-17-9(19-6)12(13,14)15/h5,7-8,18H,16H2,1-4H3. The Bertz CT molecular complexity index is 465. The van der Waals surface area contributed by atoms with Crippen LogP contribution in [-0.4, -0.2) is 4.98 Å². The van der Waals surface area contributed by atoms with Gasteiger partial charge in [-0.1, -0.05) is 27.7 Å². The van der Waals surface area contributed by atoms with Gasteiger partial charge in [-0.15, -0.1) is 11.3 Å². The van der Waals surface area contributed by atoms with Gasteiger partial charge >= 0.3 is 6.18 Å². The molecule has 1 saturated carbocycles.